The fourth-order valence-corrected chi connectivity index (χ4v) is 2.83. The van der Waals surface area contributed by atoms with E-state index in [1.807, 2.05) is 0 Å². The summed E-state index contributed by atoms with van der Waals surface area (Å²) in [5.74, 6) is 0. The van der Waals surface area contributed by atoms with Crippen molar-refractivity contribution < 1.29 is 4.74 Å². The molecule has 2 aliphatic heterocycles. The zero-order valence-corrected chi connectivity index (χ0v) is 7.43. The molecule has 0 aromatic carbocycles. The SMILES string of the molecule is IN1CC2(CCCO2)C1. The third kappa shape index (κ3) is 0.991. The lowest BCUT2D eigenvalue weighted by Crippen LogP contribution is -2.56. The van der Waals surface area contributed by atoms with Crippen LogP contribution in [-0.4, -0.2) is 28.4 Å². The summed E-state index contributed by atoms with van der Waals surface area (Å²) in [7, 11) is 0. The summed E-state index contributed by atoms with van der Waals surface area (Å²) in [4.78, 5) is 0. The van der Waals surface area contributed by atoms with E-state index in [1.165, 1.54) is 12.8 Å². The minimum Gasteiger partial charge on any atom is -0.372 e. The Morgan fingerprint density at radius 2 is 2.22 bits per heavy atom. The van der Waals surface area contributed by atoms with Crippen molar-refractivity contribution in [2.75, 3.05) is 19.7 Å². The van der Waals surface area contributed by atoms with Crippen molar-refractivity contribution in [1.29, 1.82) is 0 Å². The van der Waals surface area contributed by atoms with Gasteiger partial charge in [0.05, 0.1) is 5.60 Å². The molecule has 0 N–H and O–H groups in total. The van der Waals surface area contributed by atoms with Crippen molar-refractivity contribution in [3.8, 4) is 0 Å². The van der Waals surface area contributed by atoms with E-state index in [2.05, 4.69) is 26.0 Å². The van der Waals surface area contributed by atoms with Crippen molar-refractivity contribution in [3.63, 3.8) is 0 Å². The molecular formula is C6H10INO. The summed E-state index contributed by atoms with van der Waals surface area (Å²) >= 11 is 2.35. The largest absolute Gasteiger partial charge is 0.372 e. The molecule has 2 heterocycles. The fraction of sp³-hybridized carbons (Fsp3) is 1.00. The molecule has 0 atom stereocenters. The Balaban J connectivity index is 1.95. The maximum absolute atomic E-state index is 5.60. The summed E-state index contributed by atoms with van der Waals surface area (Å²) in [6, 6.07) is 0. The minimum absolute atomic E-state index is 0.307. The summed E-state index contributed by atoms with van der Waals surface area (Å²) in [6.45, 7) is 3.28. The molecule has 9 heavy (non-hydrogen) atoms. The Bertz CT molecular complexity index is 114. The summed E-state index contributed by atoms with van der Waals surface area (Å²) in [5, 5.41) is 0. The van der Waals surface area contributed by atoms with Gasteiger partial charge in [0.25, 0.3) is 0 Å². The van der Waals surface area contributed by atoms with Gasteiger partial charge in [-0.3, -0.25) is 0 Å². The number of rotatable bonds is 0. The van der Waals surface area contributed by atoms with Gasteiger partial charge in [-0.15, -0.1) is 0 Å². The zero-order valence-electron chi connectivity index (χ0n) is 5.27. The van der Waals surface area contributed by atoms with Crippen LogP contribution in [0.2, 0.25) is 0 Å². The van der Waals surface area contributed by atoms with Crippen LogP contribution in [-0.2, 0) is 4.74 Å². The van der Waals surface area contributed by atoms with E-state index in [0.29, 0.717) is 5.60 Å². The van der Waals surface area contributed by atoms with Crippen molar-refractivity contribution in [2.45, 2.75) is 18.4 Å². The third-order valence-electron chi connectivity index (χ3n) is 2.10. The second-order valence-corrected chi connectivity index (χ2v) is 4.28. The van der Waals surface area contributed by atoms with E-state index in [4.69, 9.17) is 4.74 Å². The summed E-state index contributed by atoms with van der Waals surface area (Å²) < 4.78 is 7.88. The molecule has 0 saturated carbocycles. The molecule has 0 bridgehead atoms. The third-order valence-corrected chi connectivity index (χ3v) is 2.79. The Kier molecular flexibility index (Phi) is 1.46. The molecule has 2 aliphatic rings. The molecule has 0 aromatic rings. The summed E-state index contributed by atoms with van der Waals surface area (Å²) in [5.41, 5.74) is 0.307. The highest BCUT2D eigenvalue weighted by atomic mass is 127. The van der Waals surface area contributed by atoms with E-state index >= 15 is 0 Å². The van der Waals surface area contributed by atoms with Crippen molar-refractivity contribution in [1.82, 2.24) is 3.11 Å². The van der Waals surface area contributed by atoms with E-state index in [-0.39, 0.29) is 0 Å². The number of hydrogen-bond acceptors (Lipinski definition) is 2. The Morgan fingerprint density at radius 1 is 1.44 bits per heavy atom. The average Bonchev–Trinajstić information content (AvgIpc) is 2.12. The fourth-order valence-electron chi connectivity index (χ4n) is 1.58. The molecule has 2 fully saturated rings. The van der Waals surface area contributed by atoms with Crippen LogP contribution >= 0.6 is 22.9 Å². The highest BCUT2D eigenvalue weighted by Crippen LogP contribution is 2.36. The van der Waals surface area contributed by atoms with Crippen LogP contribution in [0.25, 0.3) is 0 Å². The number of nitrogens with zero attached hydrogens (tertiary/aromatic N) is 1. The molecule has 1 spiro atoms. The molecule has 2 nitrogen and oxygen atoms in total. The molecule has 0 unspecified atom stereocenters. The van der Waals surface area contributed by atoms with Gasteiger partial charge in [0.15, 0.2) is 0 Å². The van der Waals surface area contributed by atoms with Gasteiger partial charge >= 0.3 is 0 Å². The summed E-state index contributed by atoms with van der Waals surface area (Å²) in [6.07, 6.45) is 2.55. The number of hydrogen-bond donors (Lipinski definition) is 0. The lowest BCUT2D eigenvalue weighted by atomic mass is 9.94. The monoisotopic (exact) mass is 239 g/mol. The number of ether oxygens (including phenoxy) is 1. The lowest BCUT2D eigenvalue weighted by molar-refractivity contribution is -0.0665. The quantitative estimate of drug-likeness (QED) is 0.465. The average molecular weight is 239 g/mol. The molecule has 3 heteroatoms. The molecule has 0 aliphatic carbocycles. The predicted octanol–water partition coefficient (Wildman–Crippen LogP) is 1.20. The normalized spacial score (nSPS) is 33.0. The van der Waals surface area contributed by atoms with E-state index < -0.39 is 0 Å². The lowest BCUT2D eigenvalue weighted by Gasteiger charge is -2.43. The standard InChI is InChI=1S/C6H10INO/c7-8-4-6(5-8)2-1-3-9-6/h1-5H2. The molecule has 2 saturated heterocycles. The van der Waals surface area contributed by atoms with Crippen molar-refractivity contribution in [2.24, 2.45) is 0 Å². The van der Waals surface area contributed by atoms with Gasteiger partial charge in [-0.05, 0) is 12.8 Å². The van der Waals surface area contributed by atoms with Gasteiger partial charge in [0.2, 0.25) is 0 Å². The van der Waals surface area contributed by atoms with Crippen molar-refractivity contribution >= 4 is 22.9 Å². The Morgan fingerprint density at radius 3 is 2.67 bits per heavy atom. The van der Waals surface area contributed by atoms with Gasteiger partial charge in [0.1, 0.15) is 0 Å². The van der Waals surface area contributed by atoms with Crippen LogP contribution in [0.4, 0.5) is 0 Å². The topological polar surface area (TPSA) is 12.5 Å². The minimum atomic E-state index is 0.307. The second kappa shape index (κ2) is 2.07. The maximum atomic E-state index is 5.60. The van der Waals surface area contributed by atoms with E-state index in [1.54, 1.807) is 0 Å². The van der Waals surface area contributed by atoms with E-state index in [9.17, 15) is 0 Å². The van der Waals surface area contributed by atoms with Crippen LogP contribution in [0.5, 0.6) is 0 Å². The van der Waals surface area contributed by atoms with Crippen LogP contribution in [0.15, 0.2) is 0 Å². The van der Waals surface area contributed by atoms with Gasteiger partial charge in [-0.25, -0.2) is 3.11 Å². The predicted molar refractivity (Wildman–Crippen MR) is 43.5 cm³/mol. The first kappa shape index (κ1) is 6.37. The first-order valence-corrected chi connectivity index (χ1v) is 4.32. The molecule has 0 radical (unpaired) electrons. The number of halogens is 1. The highest BCUT2D eigenvalue weighted by molar-refractivity contribution is 14.1. The molecule has 52 valence electrons. The highest BCUT2D eigenvalue weighted by Gasteiger charge is 2.45. The van der Waals surface area contributed by atoms with E-state index in [0.717, 1.165) is 19.7 Å². The molecule has 2 rings (SSSR count). The molecule has 0 amide bonds. The molecular weight excluding hydrogens is 229 g/mol. The van der Waals surface area contributed by atoms with Crippen molar-refractivity contribution in [3.05, 3.63) is 0 Å². The van der Waals surface area contributed by atoms with Crippen LogP contribution in [0, 0.1) is 0 Å². The smallest absolute Gasteiger partial charge is 0.0952 e. The van der Waals surface area contributed by atoms with Crippen LogP contribution < -0.4 is 0 Å². The first-order valence-electron chi connectivity index (χ1n) is 3.35. The van der Waals surface area contributed by atoms with Gasteiger partial charge < -0.3 is 4.74 Å². The Hall–Kier alpha value is 0.650. The zero-order chi connectivity index (χ0) is 6.32. The van der Waals surface area contributed by atoms with Crippen LogP contribution in [0.3, 0.4) is 0 Å². The second-order valence-electron chi connectivity index (χ2n) is 2.91. The Labute approximate surface area is 69.0 Å². The molecule has 0 aromatic heterocycles. The maximum Gasteiger partial charge on any atom is 0.0952 e. The van der Waals surface area contributed by atoms with Crippen LogP contribution in [0.1, 0.15) is 12.8 Å². The van der Waals surface area contributed by atoms with Gasteiger partial charge in [-0.1, -0.05) is 0 Å². The van der Waals surface area contributed by atoms with Gasteiger partial charge in [-0.2, -0.15) is 0 Å². The first-order chi connectivity index (χ1) is 4.31. The van der Waals surface area contributed by atoms with Gasteiger partial charge in [0, 0.05) is 42.6 Å².